The van der Waals surface area contributed by atoms with Gasteiger partial charge in [-0.3, -0.25) is 9.59 Å². The molecule has 1 aliphatic rings. The van der Waals surface area contributed by atoms with E-state index in [9.17, 15) is 9.59 Å². The number of rotatable bonds is 5. The molecule has 0 bridgehead atoms. The van der Waals surface area contributed by atoms with Crippen LogP contribution in [0.1, 0.15) is 55.2 Å². The zero-order chi connectivity index (χ0) is 24.6. The number of aryl methyl sites for hydroxylation is 2. The van der Waals surface area contributed by atoms with E-state index in [1.807, 2.05) is 36.4 Å². The van der Waals surface area contributed by atoms with Crippen LogP contribution in [0.4, 0.5) is 0 Å². The van der Waals surface area contributed by atoms with Gasteiger partial charge in [0.25, 0.3) is 11.8 Å². The minimum absolute atomic E-state index is 0.0563. The highest BCUT2D eigenvalue weighted by Gasteiger charge is 2.45. The summed E-state index contributed by atoms with van der Waals surface area (Å²) in [5, 5.41) is 15.3. The Morgan fingerprint density at radius 2 is 1.50 bits per heavy atom. The molecule has 2 aromatic carbocycles. The van der Waals surface area contributed by atoms with E-state index in [-0.39, 0.29) is 15.9 Å². The summed E-state index contributed by atoms with van der Waals surface area (Å²) in [6.45, 7) is 0. The fourth-order valence-electron chi connectivity index (χ4n) is 4.82. The van der Waals surface area contributed by atoms with Crippen LogP contribution in [-0.4, -0.2) is 74.5 Å². The third kappa shape index (κ3) is 4.20. The molecule has 178 valence electrons. The van der Waals surface area contributed by atoms with Crippen molar-refractivity contribution in [2.24, 2.45) is 5.73 Å². The van der Waals surface area contributed by atoms with Crippen LogP contribution in [0, 0.1) is 0 Å². The Kier molecular flexibility index (Phi) is 6.72. The molecule has 3 aromatic rings. The summed E-state index contributed by atoms with van der Waals surface area (Å²) < 4.78 is -0.207. The number of tetrazole rings is 1. The van der Waals surface area contributed by atoms with Crippen LogP contribution in [-0.2, 0) is 18.3 Å². The number of H-pyrrole nitrogens is 1. The lowest BCUT2D eigenvalue weighted by Crippen LogP contribution is -2.37. The molecule has 1 aliphatic carbocycles. The maximum absolute atomic E-state index is 12.7. The number of nitrogens with two attached hydrogens (primary N) is 1. The monoisotopic (exact) mass is 573 g/mol. The number of benzene rings is 2. The number of carbonyl (C=O) groups excluding carboxylic acids is 2. The van der Waals surface area contributed by atoms with Crippen molar-refractivity contribution in [3.05, 3.63) is 75.6 Å². The van der Waals surface area contributed by atoms with E-state index in [0.717, 1.165) is 22.3 Å². The summed E-state index contributed by atoms with van der Waals surface area (Å²) in [6, 6.07) is 11.6. The van der Waals surface area contributed by atoms with E-state index in [1.165, 1.54) is 0 Å². The number of amides is 2. The van der Waals surface area contributed by atoms with Crippen molar-refractivity contribution in [2.75, 3.05) is 28.2 Å². The molecule has 1 heterocycles. The molecule has 0 saturated carbocycles. The normalized spacial score (nSPS) is 15.0. The van der Waals surface area contributed by atoms with Gasteiger partial charge in [-0.15, -0.1) is 10.2 Å². The first kappa shape index (κ1) is 24.3. The van der Waals surface area contributed by atoms with Crippen molar-refractivity contribution >= 4 is 34.4 Å². The van der Waals surface area contributed by atoms with Gasteiger partial charge in [0.1, 0.15) is 0 Å². The lowest BCUT2D eigenvalue weighted by Gasteiger charge is -2.35. The number of carbonyl (C=O) groups is 2. The quantitative estimate of drug-likeness (QED) is 0.274. The van der Waals surface area contributed by atoms with Crippen molar-refractivity contribution in [1.29, 1.82) is 0 Å². The van der Waals surface area contributed by atoms with Crippen LogP contribution in [0.15, 0.2) is 36.4 Å². The van der Waals surface area contributed by atoms with E-state index in [0.29, 0.717) is 36.2 Å². The molecule has 1 aromatic heterocycles. The number of halogens is 1. The fraction of sp³-hybridized carbons (Fsp3) is 0.375. The predicted molar refractivity (Wildman–Crippen MR) is 137 cm³/mol. The molecular formula is C24H28IN7O2. The Morgan fingerprint density at radius 3 is 1.88 bits per heavy atom. The summed E-state index contributed by atoms with van der Waals surface area (Å²) >= 11 is 2.21. The first-order valence-corrected chi connectivity index (χ1v) is 12.2. The lowest BCUT2D eigenvalue weighted by molar-refractivity contribution is 0.0820. The molecule has 0 radical (unpaired) electrons. The van der Waals surface area contributed by atoms with Gasteiger partial charge in [0.2, 0.25) is 0 Å². The molecule has 0 fully saturated rings. The highest BCUT2D eigenvalue weighted by molar-refractivity contribution is 14.1. The third-order valence-electron chi connectivity index (χ3n) is 6.33. The SMILES string of the molecule is CN(C)C(=O)c1ccc2c(c1)CCc1cc(C(=O)N(C)C)ccc1C2(C[C@H](N)I)c1nn[nH]n1. The first-order valence-electron chi connectivity index (χ1n) is 11.0. The number of fused-ring (bicyclic) bond motifs is 2. The van der Waals surface area contributed by atoms with Crippen LogP contribution in [0.3, 0.4) is 0 Å². The highest BCUT2D eigenvalue weighted by atomic mass is 127. The Labute approximate surface area is 212 Å². The van der Waals surface area contributed by atoms with E-state index >= 15 is 0 Å². The van der Waals surface area contributed by atoms with Crippen LogP contribution in [0.5, 0.6) is 0 Å². The van der Waals surface area contributed by atoms with Crippen molar-refractivity contribution in [3.8, 4) is 0 Å². The zero-order valence-electron chi connectivity index (χ0n) is 19.7. The predicted octanol–water partition coefficient (Wildman–Crippen LogP) is 2.15. The van der Waals surface area contributed by atoms with Crippen LogP contribution in [0.2, 0.25) is 0 Å². The second kappa shape index (κ2) is 9.41. The summed E-state index contributed by atoms with van der Waals surface area (Å²) in [7, 11) is 6.97. The molecule has 0 saturated heterocycles. The third-order valence-corrected chi connectivity index (χ3v) is 6.77. The topological polar surface area (TPSA) is 121 Å². The van der Waals surface area contributed by atoms with Gasteiger partial charge in [-0.05, 0) is 65.8 Å². The van der Waals surface area contributed by atoms with Gasteiger partial charge in [-0.1, -0.05) is 39.9 Å². The zero-order valence-corrected chi connectivity index (χ0v) is 21.8. The smallest absolute Gasteiger partial charge is 0.253 e. The lowest BCUT2D eigenvalue weighted by atomic mass is 9.69. The van der Waals surface area contributed by atoms with Crippen LogP contribution < -0.4 is 5.73 Å². The number of aromatic nitrogens is 4. The van der Waals surface area contributed by atoms with E-state index in [1.54, 1.807) is 38.0 Å². The second-order valence-electron chi connectivity index (χ2n) is 9.00. The summed E-state index contributed by atoms with van der Waals surface area (Å²) in [4.78, 5) is 28.6. The summed E-state index contributed by atoms with van der Waals surface area (Å²) in [6.07, 6.45) is 1.92. The molecule has 34 heavy (non-hydrogen) atoms. The number of hydrogen-bond donors (Lipinski definition) is 2. The van der Waals surface area contributed by atoms with Crippen LogP contribution in [0.25, 0.3) is 0 Å². The van der Waals surface area contributed by atoms with Crippen molar-refractivity contribution < 1.29 is 9.59 Å². The largest absolute Gasteiger partial charge is 0.345 e. The van der Waals surface area contributed by atoms with Gasteiger partial charge in [0.05, 0.1) is 9.46 Å². The molecule has 0 aliphatic heterocycles. The average molecular weight is 573 g/mol. The summed E-state index contributed by atoms with van der Waals surface area (Å²) in [5.41, 5.74) is 10.9. The second-order valence-corrected chi connectivity index (χ2v) is 10.6. The van der Waals surface area contributed by atoms with Crippen LogP contribution >= 0.6 is 22.6 Å². The van der Waals surface area contributed by atoms with Gasteiger partial charge in [-0.25, -0.2) is 0 Å². The Hall–Kier alpha value is -2.86. The maximum Gasteiger partial charge on any atom is 0.253 e. The van der Waals surface area contributed by atoms with E-state index < -0.39 is 5.41 Å². The number of alkyl halides is 1. The van der Waals surface area contributed by atoms with E-state index in [4.69, 9.17) is 5.73 Å². The molecule has 3 N–H and O–H groups in total. The molecule has 0 spiro atoms. The molecule has 10 heteroatoms. The minimum Gasteiger partial charge on any atom is -0.345 e. The number of hydrogen-bond acceptors (Lipinski definition) is 6. The molecule has 2 amide bonds. The molecule has 4 rings (SSSR count). The standard InChI is InChI=1S/C24H28IN7O2/c1-31(2)21(33)16-7-9-18-14(11-16)5-6-15-12-17(22(34)32(3)4)8-10-19(15)24(18,13-20(25)26)23-27-29-30-28-23/h7-12,20H,5-6,13,26H2,1-4H3,(H,27,28,29,30)/t20-/m0/s1. The number of nitrogens with one attached hydrogen (secondary N) is 1. The number of aromatic amines is 1. The number of nitrogens with zero attached hydrogens (tertiary/aromatic N) is 5. The summed E-state index contributed by atoms with van der Waals surface area (Å²) in [5.74, 6) is 0.403. The van der Waals surface area contributed by atoms with Gasteiger partial charge >= 0.3 is 0 Å². The molecular weight excluding hydrogens is 545 g/mol. The Bertz CT molecular complexity index is 1150. The highest BCUT2D eigenvalue weighted by Crippen LogP contribution is 2.47. The Morgan fingerprint density at radius 1 is 1.00 bits per heavy atom. The Balaban J connectivity index is 2.00. The van der Waals surface area contributed by atoms with Gasteiger partial charge in [-0.2, -0.15) is 5.21 Å². The molecule has 0 unspecified atom stereocenters. The average Bonchev–Trinajstić information content (AvgIpc) is 3.31. The fourth-order valence-corrected chi connectivity index (χ4v) is 5.48. The maximum atomic E-state index is 12.7. The van der Waals surface area contributed by atoms with Gasteiger partial charge < -0.3 is 15.5 Å². The van der Waals surface area contributed by atoms with E-state index in [2.05, 4.69) is 43.2 Å². The van der Waals surface area contributed by atoms with Gasteiger partial charge in [0, 0.05) is 39.3 Å². The van der Waals surface area contributed by atoms with Crippen molar-refractivity contribution in [2.45, 2.75) is 28.7 Å². The molecule has 1 atom stereocenters. The molecule has 9 nitrogen and oxygen atoms in total. The first-order chi connectivity index (χ1) is 16.1. The van der Waals surface area contributed by atoms with Gasteiger partial charge in [0.15, 0.2) is 5.82 Å². The minimum atomic E-state index is -0.784. The van der Waals surface area contributed by atoms with Crippen molar-refractivity contribution in [1.82, 2.24) is 30.4 Å². The van der Waals surface area contributed by atoms with Crippen molar-refractivity contribution in [3.63, 3.8) is 0 Å².